The first kappa shape index (κ1) is 18.0. The largest absolute Gasteiger partial charge is 0.441 e. The highest BCUT2D eigenvalue weighted by Gasteiger charge is 2.17. The Hall–Kier alpha value is -2.33. The standard InChI is InChI=1S/C20H26N2O2/c1-3-22(2)15-14-19(18-12-8-5-9-13-18)24-20(23)21-16-17-10-6-4-7-11-17/h4-13,19H,3,14-16H2,1-2H3,(H,21,23). The topological polar surface area (TPSA) is 41.6 Å². The van der Waals surface area contributed by atoms with Gasteiger partial charge in [0.25, 0.3) is 0 Å². The van der Waals surface area contributed by atoms with E-state index in [4.69, 9.17) is 4.74 Å². The van der Waals surface area contributed by atoms with Gasteiger partial charge in [-0.3, -0.25) is 0 Å². The molecule has 1 unspecified atom stereocenters. The van der Waals surface area contributed by atoms with E-state index in [2.05, 4.69) is 24.2 Å². The molecular weight excluding hydrogens is 300 g/mol. The summed E-state index contributed by atoms with van der Waals surface area (Å²) in [6.45, 7) is 4.44. The van der Waals surface area contributed by atoms with E-state index < -0.39 is 0 Å². The number of carbonyl (C=O) groups is 1. The summed E-state index contributed by atoms with van der Waals surface area (Å²) in [4.78, 5) is 14.4. The summed E-state index contributed by atoms with van der Waals surface area (Å²) in [5, 5.41) is 2.83. The zero-order valence-corrected chi connectivity index (χ0v) is 14.4. The van der Waals surface area contributed by atoms with Crippen LogP contribution < -0.4 is 5.32 Å². The molecular formula is C20H26N2O2. The Morgan fingerprint density at radius 3 is 2.33 bits per heavy atom. The fourth-order valence-corrected chi connectivity index (χ4v) is 2.40. The molecule has 128 valence electrons. The first-order chi connectivity index (χ1) is 11.7. The summed E-state index contributed by atoms with van der Waals surface area (Å²) in [5.41, 5.74) is 2.08. The van der Waals surface area contributed by atoms with Gasteiger partial charge in [-0.2, -0.15) is 0 Å². The van der Waals surface area contributed by atoms with Crippen molar-refractivity contribution in [3.8, 4) is 0 Å². The molecule has 4 heteroatoms. The van der Waals surface area contributed by atoms with E-state index in [0.717, 1.165) is 30.6 Å². The summed E-state index contributed by atoms with van der Waals surface area (Å²) < 4.78 is 5.68. The maximum Gasteiger partial charge on any atom is 0.408 e. The summed E-state index contributed by atoms with van der Waals surface area (Å²) in [5.74, 6) is 0. The Labute approximate surface area is 144 Å². The molecule has 0 bridgehead atoms. The molecule has 0 aliphatic carbocycles. The molecule has 1 amide bonds. The quantitative estimate of drug-likeness (QED) is 0.797. The monoisotopic (exact) mass is 326 g/mol. The van der Waals surface area contributed by atoms with Crippen LogP contribution in [-0.4, -0.2) is 31.1 Å². The predicted molar refractivity (Wildman–Crippen MR) is 96.7 cm³/mol. The average molecular weight is 326 g/mol. The second kappa shape index (κ2) is 9.73. The number of hydrogen-bond acceptors (Lipinski definition) is 3. The smallest absolute Gasteiger partial charge is 0.408 e. The first-order valence-electron chi connectivity index (χ1n) is 8.41. The van der Waals surface area contributed by atoms with Gasteiger partial charge in [0.1, 0.15) is 6.10 Å². The van der Waals surface area contributed by atoms with Crippen LogP contribution in [0.2, 0.25) is 0 Å². The van der Waals surface area contributed by atoms with Crippen LogP contribution in [0.15, 0.2) is 60.7 Å². The summed E-state index contributed by atoms with van der Waals surface area (Å²) in [7, 11) is 2.07. The van der Waals surface area contributed by atoms with E-state index in [-0.39, 0.29) is 12.2 Å². The minimum atomic E-state index is -0.383. The predicted octanol–water partition coefficient (Wildman–Crippen LogP) is 4.00. The molecule has 24 heavy (non-hydrogen) atoms. The lowest BCUT2D eigenvalue weighted by atomic mass is 10.1. The number of carbonyl (C=O) groups excluding carboxylic acids is 1. The fraction of sp³-hybridized carbons (Fsp3) is 0.350. The third-order valence-electron chi connectivity index (χ3n) is 4.01. The van der Waals surface area contributed by atoms with Crippen molar-refractivity contribution >= 4 is 6.09 Å². The lowest BCUT2D eigenvalue weighted by Gasteiger charge is -2.21. The second-order valence-corrected chi connectivity index (χ2v) is 5.83. The van der Waals surface area contributed by atoms with Gasteiger partial charge < -0.3 is 15.0 Å². The average Bonchev–Trinajstić information content (AvgIpc) is 2.64. The first-order valence-corrected chi connectivity index (χ1v) is 8.41. The van der Waals surface area contributed by atoms with Crippen LogP contribution in [0.1, 0.15) is 30.6 Å². The molecule has 0 fully saturated rings. The minimum absolute atomic E-state index is 0.240. The molecule has 4 nitrogen and oxygen atoms in total. The SMILES string of the molecule is CCN(C)CCC(OC(=O)NCc1ccccc1)c1ccccc1. The molecule has 0 saturated heterocycles. The van der Waals surface area contributed by atoms with Crippen LogP contribution in [0.4, 0.5) is 4.79 Å². The lowest BCUT2D eigenvalue weighted by molar-refractivity contribution is 0.0861. The molecule has 1 N–H and O–H groups in total. The second-order valence-electron chi connectivity index (χ2n) is 5.83. The Bertz CT molecular complexity index is 602. The zero-order valence-electron chi connectivity index (χ0n) is 14.4. The van der Waals surface area contributed by atoms with Crippen LogP contribution >= 0.6 is 0 Å². The van der Waals surface area contributed by atoms with Gasteiger partial charge in [0, 0.05) is 19.5 Å². The molecule has 2 aromatic rings. The number of rotatable bonds is 8. The van der Waals surface area contributed by atoms with Gasteiger partial charge in [-0.15, -0.1) is 0 Å². The van der Waals surface area contributed by atoms with Gasteiger partial charge in [-0.25, -0.2) is 4.79 Å². The van der Waals surface area contributed by atoms with Crippen molar-refractivity contribution in [2.24, 2.45) is 0 Å². The van der Waals surface area contributed by atoms with Gasteiger partial charge in [0.2, 0.25) is 0 Å². The van der Waals surface area contributed by atoms with E-state index in [1.54, 1.807) is 0 Å². The molecule has 2 rings (SSSR count). The highest BCUT2D eigenvalue weighted by Crippen LogP contribution is 2.21. The number of alkyl carbamates (subject to hydrolysis) is 1. The molecule has 0 radical (unpaired) electrons. The molecule has 0 spiro atoms. The number of nitrogens with one attached hydrogen (secondary N) is 1. The van der Waals surface area contributed by atoms with Crippen LogP contribution in [0.25, 0.3) is 0 Å². The number of ether oxygens (including phenoxy) is 1. The number of amides is 1. The minimum Gasteiger partial charge on any atom is -0.441 e. The number of nitrogens with zero attached hydrogens (tertiary/aromatic N) is 1. The Kier molecular flexibility index (Phi) is 7.30. The zero-order chi connectivity index (χ0) is 17.2. The van der Waals surface area contributed by atoms with Crippen molar-refractivity contribution in [2.45, 2.75) is 26.0 Å². The maximum atomic E-state index is 12.2. The van der Waals surface area contributed by atoms with Crippen LogP contribution in [0, 0.1) is 0 Å². The van der Waals surface area contributed by atoms with Crippen molar-refractivity contribution in [3.05, 3.63) is 71.8 Å². The molecule has 0 aliphatic heterocycles. The van der Waals surface area contributed by atoms with E-state index in [1.165, 1.54) is 0 Å². The van der Waals surface area contributed by atoms with Crippen LogP contribution in [-0.2, 0) is 11.3 Å². The van der Waals surface area contributed by atoms with Crippen LogP contribution in [0.3, 0.4) is 0 Å². The Morgan fingerprint density at radius 2 is 1.71 bits per heavy atom. The third-order valence-corrected chi connectivity index (χ3v) is 4.01. The third kappa shape index (κ3) is 6.05. The highest BCUT2D eigenvalue weighted by atomic mass is 16.6. The van der Waals surface area contributed by atoms with Crippen molar-refractivity contribution in [2.75, 3.05) is 20.1 Å². The summed E-state index contributed by atoms with van der Waals surface area (Å²) in [6, 6.07) is 19.7. The number of hydrogen-bond donors (Lipinski definition) is 1. The lowest BCUT2D eigenvalue weighted by Crippen LogP contribution is -2.27. The summed E-state index contributed by atoms with van der Waals surface area (Å²) in [6.07, 6.45) is 0.149. The van der Waals surface area contributed by atoms with Gasteiger partial charge in [0.05, 0.1) is 0 Å². The van der Waals surface area contributed by atoms with Gasteiger partial charge in [0.15, 0.2) is 0 Å². The van der Waals surface area contributed by atoms with Crippen molar-refractivity contribution in [1.29, 1.82) is 0 Å². The Balaban J connectivity index is 1.92. The molecule has 2 aromatic carbocycles. The molecule has 0 heterocycles. The van der Waals surface area contributed by atoms with E-state index in [9.17, 15) is 4.79 Å². The van der Waals surface area contributed by atoms with Gasteiger partial charge >= 0.3 is 6.09 Å². The maximum absolute atomic E-state index is 12.2. The van der Waals surface area contributed by atoms with E-state index in [1.807, 2.05) is 60.7 Å². The van der Waals surface area contributed by atoms with Gasteiger partial charge in [-0.1, -0.05) is 67.6 Å². The number of benzene rings is 2. The van der Waals surface area contributed by atoms with E-state index >= 15 is 0 Å². The van der Waals surface area contributed by atoms with E-state index in [0.29, 0.717) is 6.54 Å². The fourth-order valence-electron chi connectivity index (χ4n) is 2.40. The molecule has 0 saturated carbocycles. The Morgan fingerprint density at radius 1 is 1.08 bits per heavy atom. The van der Waals surface area contributed by atoms with Crippen molar-refractivity contribution in [1.82, 2.24) is 10.2 Å². The van der Waals surface area contributed by atoms with Gasteiger partial charge in [-0.05, 0) is 24.7 Å². The van der Waals surface area contributed by atoms with Crippen LogP contribution in [0.5, 0.6) is 0 Å². The highest BCUT2D eigenvalue weighted by molar-refractivity contribution is 5.67. The normalized spacial score (nSPS) is 12.0. The molecule has 0 aromatic heterocycles. The molecule has 0 aliphatic rings. The summed E-state index contributed by atoms with van der Waals surface area (Å²) >= 11 is 0. The molecule has 1 atom stereocenters. The van der Waals surface area contributed by atoms with Crippen molar-refractivity contribution < 1.29 is 9.53 Å². The van der Waals surface area contributed by atoms with Crippen molar-refractivity contribution in [3.63, 3.8) is 0 Å².